The van der Waals surface area contributed by atoms with Crippen LogP contribution in [0.3, 0.4) is 0 Å². The molecule has 7 heteroatoms. The molecule has 1 unspecified atom stereocenters. The third-order valence-corrected chi connectivity index (χ3v) is 6.87. The Morgan fingerprint density at radius 1 is 1.04 bits per heavy atom. The zero-order valence-electron chi connectivity index (χ0n) is 16.0. The van der Waals surface area contributed by atoms with E-state index in [0.29, 0.717) is 24.0 Å². The van der Waals surface area contributed by atoms with Crippen LogP contribution in [0.4, 0.5) is 0 Å². The Balaban J connectivity index is 1.59. The van der Waals surface area contributed by atoms with Crippen molar-refractivity contribution >= 4 is 20.8 Å². The first-order chi connectivity index (χ1) is 13.4. The maximum Gasteiger partial charge on any atom is 0.317 e. The van der Waals surface area contributed by atoms with Gasteiger partial charge in [0.1, 0.15) is 6.10 Å². The van der Waals surface area contributed by atoms with E-state index in [-0.39, 0.29) is 6.10 Å². The fraction of sp³-hybridized carbons (Fsp3) is 0.333. The van der Waals surface area contributed by atoms with Gasteiger partial charge in [-0.05, 0) is 44.2 Å². The molecule has 2 heterocycles. The number of benzene rings is 2. The van der Waals surface area contributed by atoms with E-state index in [9.17, 15) is 8.42 Å². The lowest BCUT2D eigenvalue weighted by molar-refractivity contribution is 0.119. The SMILES string of the molecule is Cc1cc(C)nc(OC2CCCN(S(=O)(=O)c3cccc4ccccc34)C2)n1. The summed E-state index contributed by atoms with van der Waals surface area (Å²) in [6.45, 7) is 4.56. The standard InChI is InChI=1S/C21H23N3O3S/c1-15-13-16(2)23-21(22-15)27-18-9-6-12-24(14-18)28(25,26)20-11-5-8-17-7-3-4-10-19(17)20/h3-5,7-8,10-11,13,18H,6,9,12,14H2,1-2H3. The molecule has 2 aromatic carbocycles. The molecule has 1 fully saturated rings. The molecule has 1 atom stereocenters. The molecule has 0 bridgehead atoms. The first-order valence-corrected chi connectivity index (χ1v) is 10.8. The number of fused-ring (bicyclic) bond motifs is 1. The molecule has 0 N–H and O–H groups in total. The molecule has 0 aliphatic carbocycles. The van der Waals surface area contributed by atoms with Crippen molar-refractivity contribution < 1.29 is 13.2 Å². The molecular formula is C21H23N3O3S. The van der Waals surface area contributed by atoms with Crippen molar-refractivity contribution in [2.45, 2.75) is 37.7 Å². The van der Waals surface area contributed by atoms with Crippen LogP contribution in [-0.2, 0) is 10.0 Å². The van der Waals surface area contributed by atoms with E-state index < -0.39 is 10.0 Å². The molecule has 1 aromatic heterocycles. The molecule has 3 aromatic rings. The number of aromatic nitrogens is 2. The zero-order valence-corrected chi connectivity index (χ0v) is 16.8. The van der Waals surface area contributed by atoms with Crippen LogP contribution in [0, 0.1) is 13.8 Å². The number of ether oxygens (including phenoxy) is 1. The largest absolute Gasteiger partial charge is 0.459 e. The topological polar surface area (TPSA) is 72.4 Å². The zero-order chi connectivity index (χ0) is 19.7. The van der Waals surface area contributed by atoms with E-state index in [1.807, 2.05) is 50.2 Å². The highest BCUT2D eigenvalue weighted by Gasteiger charge is 2.32. The van der Waals surface area contributed by atoms with Crippen molar-refractivity contribution in [1.29, 1.82) is 0 Å². The van der Waals surface area contributed by atoms with Crippen molar-refractivity contribution in [3.63, 3.8) is 0 Å². The van der Waals surface area contributed by atoms with E-state index in [2.05, 4.69) is 9.97 Å². The molecule has 1 saturated heterocycles. The fourth-order valence-corrected chi connectivity index (χ4v) is 5.40. The average Bonchev–Trinajstić information content (AvgIpc) is 2.67. The Hall–Kier alpha value is -2.51. The van der Waals surface area contributed by atoms with Crippen LogP contribution >= 0.6 is 0 Å². The molecule has 1 aliphatic rings. The van der Waals surface area contributed by atoms with Crippen molar-refractivity contribution in [3.8, 4) is 6.01 Å². The molecule has 146 valence electrons. The van der Waals surface area contributed by atoms with Gasteiger partial charge in [0.05, 0.1) is 11.4 Å². The molecule has 0 saturated carbocycles. The second-order valence-corrected chi connectivity index (χ2v) is 9.06. The van der Waals surface area contributed by atoms with Gasteiger partial charge in [0.2, 0.25) is 10.0 Å². The molecule has 6 nitrogen and oxygen atoms in total. The smallest absolute Gasteiger partial charge is 0.317 e. The Bertz CT molecular complexity index is 1090. The van der Waals surface area contributed by atoms with Gasteiger partial charge in [-0.15, -0.1) is 0 Å². The molecule has 0 radical (unpaired) electrons. The van der Waals surface area contributed by atoms with Crippen molar-refractivity contribution in [1.82, 2.24) is 14.3 Å². The van der Waals surface area contributed by atoms with Crippen LogP contribution in [-0.4, -0.2) is 41.9 Å². The molecule has 28 heavy (non-hydrogen) atoms. The molecule has 0 amide bonds. The normalized spacial score (nSPS) is 18.3. The number of hydrogen-bond acceptors (Lipinski definition) is 5. The lowest BCUT2D eigenvalue weighted by Gasteiger charge is -2.31. The summed E-state index contributed by atoms with van der Waals surface area (Å²) in [7, 11) is -3.62. The maximum atomic E-state index is 13.3. The predicted molar refractivity (Wildman–Crippen MR) is 108 cm³/mol. The highest BCUT2D eigenvalue weighted by Crippen LogP contribution is 2.28. The average molecular weight is 398 g/mol. The van der Waals surface area contributed by atoms with Crippen molar-refractivity contribution in [2.24, 2.45) is 0 Å². The fourth-order valence-electron chi connectivity index (χ4n) is 3.67. The van der Waals surface area contributed by atoms with Crippen LogP contribution in [0.2, 0.25) is 0 Å². The number of nitrogens with zero attached hydrogens (tertiary/aromatic N) is 3. The third kappa shape index (κ3) is 3.72. The van der Waals surface area contributed by atoms with Crippen LogP contribution in [0.25, 0.3) is 10.8 Å². The number of rotatable bonds is 4. The van der Waals surface area contributed by atoms with Gasteiger partial charge in [-0.25, -0.2) is 18.4 Å². The molecule has 1 aliphatic heterocycles. The lowest BCUT2D eigenvalue weighted by Crippen LogP contribution is -2.44. The lowest BCUT2D eigenvalue weighted by atomic mass is 10.1. The Morgan fingerprint density at radius 3 is 2.54 bits per heavy atom. The summed E-state index contributed by atoms with van der Waals surface area (Å²) < 4.78 is 34.1. The second-order valence-electron chi connectivity index (χ2n) is 7.16. The molecule has 4 rings (SSSR count). The minimum atomic E-state index is -3.62. The Kier molecular flexibility index (Phi) is 5.03. The van der Waals surface area contributed by atoms with E-state index in [4.69, 9.17) is 4.74 Å². The molecule has 0 spiro atoms. The van der Waals surface area contributed by atoms with Crippen LogP contribution in [0.15, 0.2) is 53.4 Å². The highest BCUT2D eigenvalue weighted by atomic mass is 32.2. The summed E-state index contributed by atoms with van der Waals surface area (Å²) in [5.74, 6) is 0. The van der Waals surface area contributed by atoms with Gasteiger partial charge >= 0.3 is 6.01 Å². The van der Waals surface area contributed by atoms with Gasteiger partial charge < -0.3 is 4.74 Å². The summed E-state index contributed by atoms with van der Waals surface area (Å²) in [5, 5.41) is 1.66. The van der Waals surface area contributed by atoms with Gasteiger partial charge in [0.15, 0.2) is 0 Å². The second kappa shape index (κ2) is 7.48. The van der Waals surface area contributed by atoms with Crippen molar-refractivity contribution in [2.75, 3.05) is 13.1 Å². The predicted octanol–water partition coefficient (Wildman–Crippen LogP) is 3.48. The first-order valence-electron chi connectivity index (χ1n) is 9.40. The summed E-state index contributed by atoms with van der Waals surface area (Å²) in [6, 6.07) is 15.1. The summed E-state index contributed by atoms with van der Waals surface area (Å²) in [5.41, 5.74) is 1.66. The monoisotopic (exact) mass is 397 g/mol. The minimum Gasteiger partial charge on any atom is -0.459 e. The Labute approximate surface area is 165 Å². The number of sulfonamides is 1. The summed E-state index contributed by atoms with van der Waals surface area (Å²) in [6.07, 6.45) is 1.25. The van der Waals surface area contributed by atoms with Crippen LogP contribution in [0.5, 0.6) is 6.01 Å². The third-order valence-electron chi connectivity index (χ3n) is 4.94. The Morgan fingerprint density at radius 2 is 1.75 bits per heavy atom. The first kappa shape index (κ1) is 18.8. The van der Waals surface area contributed by atoms with E-state index in [1.165, 1.54) is 4.31 Å². The van der Waals surface area contributed by atoms with E-state index >= 15 is 0 Å². The maximum absolute atomic E-state index is 13.3. The van der Waals surface area contributed by atoms with Gasteiger partial charge in [-0.2, -0.15) is 4.31 Å². The number of piperidine rings is 1. The van der Waals surface area contributed by atoms with Gasteiger partial charge in [0, 0.05) is 23.3 Å². The van der Waals surface area contributed by atoms with Crippen LogP contribution < -0.4 is 4.74 Å². The van der Waals surface area contributed by atoms with Gasteiger partial charge in [-0.1, -0.05) is 36.4 Å². The summed E-state index contributed by atoms with van der Waals surface area (Å²) >= 11 is 0. The minimum absolute atomic E-state index is 0.264. The van der Waals surface area contributed by atoms with Gasteiger partial charge in [-0.3, -0.25) is 0 Å². The summed E-state index contributed by atoms with van der Waals surface area (Å²) in [4.78, 5) is 8.97. The number of aryl methyl sites for hydroxylation is 2. The van der Waals surface area contributed by atoms with Gasteiger partial charge in [0.25, 0.3) is 0 Å². The van der Waals surface area contributed by atoms with Crippen LogP contribution in [0.1, 0.15) is 24.2 Å². The number of hydrogen-bond donors (Lipinski definition) is 0. The quantitative estimate of drug-likeness (QED) is 0.674. The highest BCUT2D eigenvalue weighted by molar-refractivity contribution is 7.89. The van der Waals surface area contributed by atoms with E-state index in [1.54, 1.807) is 12.1 Å². The van der Waals surface area contributed by atoms with E-state index in [0.717, 1.165) is 35.0 Å². The van der Waals surface area contributed by atoms with Crippen molar-refractivity contribution in [3.05, 3.63) is 59.9 Å². The molecular weight excluding hydrogens is 374 g/mol.